The fourth-order valence-electron chi connectivity index (χ4n) is 3.39. The summed E-state index contributed by atoms with van der Waals surface area (Å²) in [6.45, 7) is 0. The molecule has 0 amide bonds. The molecule has 152 valence electrons. The van der Waals surface area contributed by atoms with E-state index in [1.54, 1.807) is 30.3 Å². The lowest BCUT2D eigenvalue weighted by molar-refractivity contribution is 0.0695. The molecule has 4 rings (SSSR count). The van der Waals surface area contributed by atoms with E-state index in [1.165, 1.54) is 13.2 Å². The number of fused-ring (bicyclic) bond motifs is 1. The third-order valence-electron chi connectivity index (χ3n) is 4.89. The Kier molecular flexibility index (Phi) is 4.54. The molecule has 0 saturated carbocycles. The number of anilines is 1. The summed E-state index contributed by atoms with van der Waals surface area (Å²) in [6, 6.07) is 11.6. The lowest BCUT2D eigenvalue weighted by atomic mass is 9.98. The van der Waals surface area contributed by atoms with Crippen molar-refractivity contribution in [3.05, 3.63) is 79.2 Å². The van der Waals surface area contributed by atoms with E-state index in [2.05, 4.69) is 4.98 Å². The lowest BCUT2D eigenvalue weighted by Gasteiger charge is -2.13. The predicted octanol–water partition coefficient (Wildman–Crippen LogP) is 2.65. The first-order valence-electron chi connectivity index (χ1n) is 9.03. The van der Waals surface area contributed by atoms with Crippen LogP contribution in [-0.2, 0) is 0 Å². The van der Waals surface area contributed by atoms with Crippen molar-refractivity contribution >= 4 is 22.8 Å². The minimum atomic E-state index is -1.36. The molecule has 0 saturated heterocycles. The third kappa shape index (κ3) is 2.98. The Hall–Kier alpha value is -4.07. The van der Waals surface area contributed by atoms with Gasteiger partial charge >= 0.3 is 5.97 Å². The number of carboxylic acids is 1. The second-order valence-electron chi connectivity index (χ2n) is 6.95. The fraction of sp³-hybridized carbons (Fsp3) is 0.136. The molecule has 8 heteroatoms. The molecule has 1 aliphatic carbocycles. The Bertz CT molecular complexity index is 1480. The highest BCUT2D eigenvalue weighted by atomic mass is 16.5. The zero-order valence-electron chi connectivity index (χ0n) is 16.5. The van der Waals surface area contributed by atoms with E-state index >= 15 is 0 Å². The molecular weight excluding hydrogens is 388 g/mol. The maximum atomic E-state index is 12.9. The molecular formula is C22H18N2O6. The first kappa shape index (κ1) is 19.3. The largest absolute Gasteiger partial charge is 0.497 e. The van der Waals surface area contributed by atoms with Crippen LogP contribution in [0.1, 0.15) is 10.4 Å². The van der Waals surface area contributed by atoms with Crippen molar-refractivity contribution in [2.75, 3.05) is 26.1 Å². The number of nitrogens with one attached hydrogen (secondary N) is 1. The lowest BCUT2D eigenvalue weighted by Crippen LogP contribution is -2.30. The highest BCUT2D eigenvalue weighted by Crippen LogP contribution is 2.26. The number of H-pyrrole nitrogens is 1. The minimum absolute atomic E-state index is 0.0463. The average Bonchev–Trinajstić information content (AvgIpc) is 2.74. The van der Waals surface area contributed by atoms with Crippen molar-refractivity contribution in [3.63, 3.8) is 0 Å². The van der Waals surface area contributed by atoms with E-state index in [9.17, 15) is 19.5 Å². The molecule has 8 nitrogen and oxygen atoms in total. The second kappa shape index (κ2) is 7.07. The van der Waals surface area contributed by atoms with E-state index in [0.29, 0.717) is 16.8 Å². The summed E-state index contributed by atoms with van der Waals surface area (Å²) in [5, 5.41) is 9.87. The molecule has 2 aliphatic rings. The molecule has 30 heavy (non-hydrogen) atoms. The van der Waals surface area contributed by atoms with Gasteiger partial charge < -0.3 is 24.1 Å². The number of nitrogens with zero attached hydrogens (tertiary/aromatic N) is 1. The minimum Gasteiger partial charge on any atom is -0.497 e. The van der Waals surface area contributed by atoms with Gasteiger partial charge in [-0.2, -0.15) is 0 Å². The zero-order valence-corrected chi connectivity index (χ0v) is 16.5. The number of hydrogen-bond acceptors (Lipinski definition) is 6. The van der Waals surface area contributed by atoms with Crippen molar-refractivity contribution in [3.8, 4) is 16.9 Å². The number of carbonyl (C=O) groups is 1. The molecule has 0 aromatic heterocycles. The van der Waals surface area contributed by atoms with Crippen molar-refractivity contribution in [2.24, 2.45) is 0 Å². The molecule has 2 aromatic carbocycles. The van der Waals surface area contributed by atoms with Crippen LogP contribution in [0.2, 0.25) is 0 Å². The van der Waals surface area contributed by atoms with Crippen LogP contribution in [-0.4, -0.2) is 37.3 Å². The molecule has 0 spiro atoms. The Morgan fingerprint density at radius 1 is 1.10 bits per heavy atom. The summed E-state index contributed by atoms with van der Waals surface area (Å²) in [5.74, 6) is -0.926. The summed E-state index contributed by atoms with van der Waals surface area (Å²) in [6.07, 6.45) is 0. The van der Waals surface area contributed by atoms with Gasteiger partial charge in [0.05, 0.1) is 23.8 Å². The second-order valence-corrected chi connectivity index (χ2v) is 6.95. The van der Waals surface area contributed by atoms with Crippen LogP contribution in [0.4, 0.5) is 5.69 Å². The molecule has 2 aromatic rings. The maximum Gasteiger partial charge on any atom is 0.338 e. The fourth-order valence-corrected chi connectivity index (χ4v) is 3.39. The van der Waals surface area contributed by atoms with Crippen LogP contribution in [0.15, 0.2) is 56.5 Å². The van der Waals surface area contributed by atoms with E-state index in [1.807, 2.05) is 25.1 Å². The topological polar surface area (TPSA) is 113 Å². The van der Waals surface area contributed by atoms with Gasteiger partial charge in [0.25, 0.3) is 5.43 Å². The van der Waals surface area contributed by atoms with Gasteiger partial charge in [0, 0.05) is 25.8 Å². The van der Waals surface area contributed by atoms with Crippen molar-refractivity contribution in [2.45, 2.75) is 0 Å². The average molecular weight is 406 g/mol. The summed E-state index contributed by atoms with van der Waals surface area (Å²) < 4.78 is 10.9. The number of methoxy groups -OCH3 is 1. The maximum absolute atomic E-state index is 12.9. The van der Waals surface area contributed by atoms with Gasteiger partial charge in [-0.05, 0) is 29.8 Å². The van der Waals surface area contributed by atoms with Gasteiger partial charge in [-0.15, -0.1) is 0 Å². The van der Waals surface area contributed by atoms with Crippen LogP contribution in [0, 0.1) is 10.8 Å². The standard InChI is InChI=1S/C22H18N2O6/c1-24(2)12-7-8-14-15(10-12)30-21-18(23-14)17(22(27)28)16(19(25)20(21)26)11-5-4-6-13(9-11)29-3/h4-10,23H,1-3H3,(H,27,28). The Morgan fingerprint density at radius 3 is 2.53 bits per heavy atom. The monoisotopic (exact) mass is 406 g/mol. The quantitative estimate of drug-likeness (QED) is 0.501. The summed E-state index contributed by atoms with van der Waals surface area (Å²) in [7, 11) is 5.16. The number of aromatic carboxylic acids is 1. The smallest absolute Gasteiger partial charge is 0.338 e. The van der Waals surface area contributed by atoms with Gasteiger partial charge in [0.2, 0.25) is 10.8 Å². The Balaban J connectivity index is 2.19. The number of ether oxygens (including phenoxy) is 1. The number of aromatic amines is 1. The molecule has 0 radical (unpaired) electrons. The van der Waals surface area contributed by atoms with Gasteiger partial charge in [0.1, 0.15) is 11.1 Å². The van der Waals surface area contributed by atoms with Crippen molar-refractivity contribution < 1.29 is 19.1 Å². The summed E-state index contributed by atoms with van der Waals surface area (Å²) in [4.78, 5) is 42.8. The SMILES string of the molecule is COc1cccc(-c2c(C(=O)O)c3[nH]c4ccc(N(C)C)cc4oc=3c(=O)c2=O)c1. The van der Waals surface area contributed by atoms with Crippen LogP contribution in [0.3, 0.4) is 0 Å². The highest BCUT2D eigenvalue weighted by molar-refractivity contribution is 5.96. The van der Waals surface area contributed by atoms with E-state index < -0.39 is 16.8 Å². The normalized spacial score (nSPS) is 11.0. The molecule has 2 N–H and O–H groups in total. The Morgan fingerprint density at radius 2 is 1.87 bits per heavy atom. The van der Waals surface area contributed by atoms with Crippen LogP contribution in [0.5, 0.6) is 5.75 Å². The molecule has 0 fully saturated rings. The van der Waals surface area contributed by atoms with Crippen LogP contribution >= 0.6 is 0 Å². The van der Waals surface area contributed by atoms with Gasteiger partial charge in [-0.3, -0.25) is 9.59 Å². The molecule has 0 atom stereocenters. The number of hydrogen-bond donors (Lipinski definition) is 2. The number of rotatable bonds is 4. The summed E-state index contributed by atoms with van der Waals surface area (Å²) >= 11 is 0. The van der Waals surface area contributed by atoms with E-state index in [0.717, 1.165) is 5.69 Å². The number of benzene rings is 2. The van der Waals surface area contributed by atoms with Gasteiger partial charge in [-0.1, -0.05) is 12.1 Å². The summed E-state index contributed by atoms with van der Waals surface area (Å²) in [5.41, 5.74) is -0.824. The number of carboxylic acid groups (broad SMARTS) is 1. The van der Waals surface area contributed by atoms with E-state index in [4.69, 9.17) is 9.15 Å². The highest BCUT2D eigenvalue weighted by Gasteiger charge is 2.23. The van der Waals surface area contributed by atoms with Gasteiger partial charge in [-0.25, -0.2) is 4.79 Å². The predicted molar refractivity (Wildman–Crippen MR) is 112 cm³/mol. The molecule has 0 bridgehead atoms. The Labute approximate surface area is 169 Å². The van der Waals surface area contributed by atoms with Crippen LogP contribution in [0.25, 0.3) is 22.2 Å². The molecule has 1 aliphatic heterocycles. The molecule has 0 unspecified atom stereocenters. The first-order chi connectivity index (χ1) is 14.3. The van der Waals surface area contributed by atoms with Gasteiger partial charge in [0.15, 0.2) is 5.58 Å². The zero-order chi connectivity index (χ0) is 21.6. The number of aromatic nitrogens is 1. The first-order valence-corrected chi connectivity index (χ1v) is 9.03. The molecule has 1 heterocycles. The van der Waals surface area contributed by atoms with Crippen molar-refractivity contribution in [1.29, 1.82) is 0 Å². The van der Waals surface area contributed by atoms with E-state index in [-0.39, 0.29) is 27.5 Å². The third-order valence-corrected chi connectivity index (χ3v) is 4.89. The van der Waals surface area contributed by atoms with Crippen molar-refractivity contribution in [1.82, 2.24) is 4.98 Å². The van der Waals surface area contributed by atoms with Crippen LogP contribution < -0.4 is 20.5 Å².